The molecule has 0 amide bonds. The average molecular weight is 352 g/mol. The Hall–Kier alpha value is -1.24. The molecule has 0 aliphatic heterocycles. The van der Waals surface area contributed by atoms with Gasteiger partial charge in [-0.15, -0.1) is 11.3 Å². The van der Waals surface area contributed by atoms with Gasteiger partial charge in [0.2, 0.25) is 0 Å². The van der Waals surface area contributed by atoms with E-state index in [-0.39, 0.29) is 0 Å². The standard InChI is InChI=1S/C13H10BrN3S2/c14-10-5-2-1-4-9(10)8-17-12(15-16-13(17)18)11-6-3-7-19-11/h1-7H,8H2,(H,16,18). The van der Waals surface area contributed by atoms with Crippen molar-refractivity contribution in [2.24, 2.45) is 0 Å². The van der Waals surface area contributed by atoms with E-state index in [1.165, 1.54) is 5.56 Å². The third kappa shape index (κ3) is 2.56. The third-order valence-corrected chi connectivity index (χ3v) is 4.74. The van der Waals surface area contributed by atoms with Crippen LogP contribution in [0.3, 0.4) is 0 Å². The normalized spacial score (nSPS) is 10.8. The molecular weight excluding hydrogens is 342 g/mol. The molecule has 3 nitrogen and oxygen atoms in total. The molecule has 1 N–H and O–H groups in total. The van der Waals surface area contributed by atoms with Crippen LogP contribution >= 0.6 is 39.5 Å². The highest BCUT2D eigenvalue weighted by Gasteiger charge is 2.11. The summed E-state index contributed by atoms with van der Waals surface area (Å²) in [4.78, 5) is 1.11. The lowest BCUT2D eigenvalue weighted by Gasteiger charge is -2.07. The van der Waals surface area contributed by atoms with Crippen LogP contribution in [0, 0.1) is 4.77 Å². The van der Waals surface area contributed by atoms with E-state index in [0.717, 1.165) is 15.2 Å². The first-order valence-corrected chi connectivity index (χ1v) is 7.76. The Kier molecular flexibility index (Phi) is 3.63. The van der Waals surface area contributed by atoms with Crippen molar-refractivity contribution < 1.29 is 0 Å². The van der Waals surface area contributed by atoms with Crippen molar-refractivity contribution in [3.63, 3.8) is 0 Å². The van der Waals surface area contributed by atoms with E-state index in [4.69, 9.17) is 12.2 Å². The van der Waals surface area contributed by atoms with Crippen LogP contribution in [0.15, 0.2) is 46.3 Å². The fourth-order valence-corrected chi connectivity index (χ4v) is 3.18. The van der Waals surface area contributed by atoms with Crippen molar-refractivity contribution in [2.45, 2.75) is 6.54 Å². The van der Waals surface area contributed by atoms with Crippen LogP contribution in [-0.4, -0.2) is 14.8 Å². The molecule has 0 atom stereocenters. The molecule has 6 heteroatoms. The maximum atomic E-state index is 5.32. The number of nitrogens with zero attached hydrogens (tertiary/aromatic N) is 2. The Bertz CT molecular complexity index is 743. The number of rotatable bonds is 3. The molecule has 0 fully saturated rings. The zero-order valence-electron chi connectivity index (χ0n) is 9.84. The molecule has 96 valence electrons. The first kappa shape index (κ1) is 12.8. The molecule has 0 aliphatic rings. The topological polar surface area (TPSA) is 33.6 Å². The lowest BCUT2D eigenvalue weighted by molar-refractivity contribution is 0.789. The number of hydrogen-bond donors (Lipinski definition) is 1. The first-order valence-electron chi connectivity index (χ1n) is 5.68. The highest BCUT2D eigenvalue weighted by Crippen LogP contribution is 2.25. The molecule has 0 radical (unpaired) electrons. The van der Waals surface area contributed by atoms with Crippen LogP contribution in [0.5, 0.6) is 0 Å². The molecule has 2 aromatic heterocycles. The maximum Gasteiger partial charge on any atom is 0.195 e. The van der Waals surface area contributed by atoms with Crippen LogP contribution in [0.4, 0.5) is 0 Å². The summed E-state index contributed by atoms with van der Waals surface area (Å²) in [6.45, 7) is 0.698. The van der Waals surface area contributed by atoms with Crippen LogP contribution in [-0.2, 0) is 6.54 Å². The molecule has 0 bridgehead atoms. The van der Waals surface area contributed by atoms with Gasteiger partial charge in [-0.05, 0) is 35.3 Å². The first-order chi connectivity index (χ1) is 9.25. The van der Waals surface area contributed by atoms with E-state index in [2.05, 4.69) is 32.2 Å². The average Bonchev–Trinajstić information content (AvgIpc) is 3.03. The smallest absolute Gasteiger partial charge is 0.195 e. The SMILES string of the molecule is S=c1[nH]nc(-c2cccs2)n1Cc1ccccc1Br. The van der Waals surface area contributed by atoms with Crippen LogP contribution < -0.4 is 0 Å². The highest BCUT2D eigenvalue weighted by atomic mass is 79.9. The van der Waals surface area contributed by atoms with E-state index in [1.807, 2.05) is 40.3 Å². The summed E-state index contributed by atoms with van der Waals surface area (Å²) in [7, 11) is 0. The Morgan fingerprint density at radius 3 is 2.84 bits per heavy atom. The summed E-state index contributed by atoms with van der Waals surface area (Å²) in [5.74, 6) is 0.885. The number of aromatic nitrogens is 3. The van der Waals surface area contributed by atoms with Crippen molar-refractivity contribution in [1.29, 1.82) is 0 Å². The minimum absolute atomic E-state index is 0.638. The molecule has 0 aliphatic carbocycles. The van der Waals surface area contributed by atoms with Crippen LogP contribution in [0.25, 0.3) is 10.7 Å². The summed E-state index contributed by atoms with van der Waals surface area (Å²) >= 11 is 10.5. The van der Waals surface area contributed by atoms with E-state index in [1.54, 1.807) is 11.3 Å². The summed E-state index contributed by atoms with van der Waals surface area (Å²) in [6, 6.07) is 12.2. The van der Waals surface area contributed by atoms with Gasteiger partial charge in [-0.3, -0.25) is 9.67 Å². The molecule has 1 aromatic carbocycles. The zero-order valence-corrected chi connectivity index (χ0v) is 13.1. The van der Waals surface area contributed by atoms with Gasteiger partial charge < -0.3 is 0 Å². The van der Waals surface area contributed by atoms with Gasteiger partial charge in [-0.25, -0.2) is 0 Å². The second-order valence-electron chi connectivity index (χ2n) is 4.01. The quantitative estimate of drug-likeness (QED) is 0.705. The van der Waals surface area contributed by atoms with Crippen molar-refractivity contribution in [1.82, 2.24) is 14.8 Å². The predicted octanol–water partition coefficient (Wildman–Crippen LogP) is 4.48. The monoisotopic (exact) mass is 351 g/mol. The maximum absolute atomic E-state index is 5.32. The molecule has 3 rings (SSSR count). The van der Waals surface area contributed by atoms with E-state index >= 15 is 0 Å². The summed E-state index contributed by atoms with van der Waals surface area (Å²) in [5.41, 5.74) is 1.18. The Labute approximate surface area is 128 Å². The van der Waals surface area contributed by atoms with E-state index < -0.39 is 0 Å². The minimum atomic E-state index is 0.638. The molecule has 0 saturated heterocycles. The van der Waals surface area contributed by atoms with Gasteiger partial charge in [0.15, 0.2) is 10.6 Å². The van der Waals surface area contributed by atoms with Crippen molar-refractivity contribution in [2.75, 3.05) is 0 Å². The number of nitrogens with one attached hydrogen (secondary N) is 1. The van der Waals surface area contributed by atoms with Crippen molar-refractivity contribution >= 4 is 39.5 Å². The minimum Gasteiger partial charge on any atom is -0.295 e. The molecular formula is C13H10BrN3S2. The fourth-order valence-electron chi connectivity index (χ4n) is 1.86. The second kappa shape index (κ2) is 5.40. The van der Waals surface area contributed by atoms with Gasteiger partial charge in [-0.2, -0.15) is 5.10 Å². The van der Waals surface area contributed by atoms with Gasteiger partial charge in [0.1, 0.15) is 0 Å². The summed E-state index contributed by atoms with van der Waals surface area (Å²) < 4.78 is 3.73. The van der Waals surface area contributed by atoms with Gasteiger partial charge in [-0.1, -0.05) is 40.2 Å². The number of H-pyrrole nitrogens is 1. The molecule has 3 aromatic rings. The number of thiophene rings is 1. The van der Waals surface area contributed by atoms with Gasteiger partial charge >= 0.3 is 0 Å². The highest BCUT2D eigenvalue weighted by molar-refractivity contribution is 9.10. The Morgan fingerprint density at radius 1 is 1.26 bits per heavy atom. The Morgan fingerprint density at radius 2 is 2.11 bits per heavy atom. The molecule has 2 heterocycles. The lowest BCUT2D eigenvalue weighted by atomic mass is 10.2. The van der Waals surface area contributed by atoms with Gasteiger partial charge in [0.05, 0.1) is 11.4 Å². The van der Waals surface area contributed by atoms with Crippen molar-refractivity contribution in [3.05, 3.63) is 56.6 Å². The predicted molar refractivity (Wildman–Crippen MR) is 84.0 cm³/mol. The number of halogens is 1. The molecule has 0 spiro atoms. The van der Waals surface area contributed by atoms with Gasteiger partial charge in [0.25, 0.3) is 0 Å². The van der Waals surface area contributed by atoms with Gasteiger partial charge in [0, 0.05) is 4.47 Å². The number of hydrogen-bond acceptors (Lipinski definition) is 3. The lowest BCUT2D eigenvalue weighted by Crippen LogP contribution is -2.02. The fraction of sp³-hybridized carbons (Fsp3) is 0.0769. The molecule has 0 saturated carbocycles. The van der Waals surface area contributed by atoms with E-state index in [9.17, 15) is 0 Å². The summed E-state index contributed by atoms with van der Waals surface area (Å²) in [5, 5.41) is 9.23. The zero-order chi connectivity index (χ0) is 13.2. The number of aromatic amines is 1. The van der Waals surface area contributed by atoms with Crippen LogP contribution in [0.2, 0.25) is 0 Å². The summed E-state index contributed by atoms with van der Waals surface area (Å²) in [6.07, 6.45) is 0. The number of benzene rings is 1. The largest absolute Gasteiger partial charge is 0.295 e. The second-order valence-corrected chi connectivity index (χ2v) is 6.20. The Balaban J connectivity index is 2.05. The third-order valence-electron chi connectivity index (χ3n) is 2.79. The molecule has 19 heavy (non-hydrogen) atoms. The van der Waals surface area contributed by atoms with E-state index in [0.29, 0.717) is 11.3 Å². The van der Waals surface area contributed by atoms with Crippen LogP contribution in [0.1, 0.15) is 5.56 Å². The van der Waals surface area contributed by atoms with Crippen molar-refractivity contribution in [3.8, 4) is 10.7 Å². The molecule has 0 unspecified atom stereocenters.